The van der Waals surface area contributed by atoms with Crippen molar-refractivity contribution >= 4 is 32.7 Å². The van der Waals surface area contributed by atoms with Gasteiger partial charge in [-0.05, 0) is 12.1 Å². The van der Waals surface area contributed by atoms with Crippen molar-refractivity contribution in [3.8, 4) is 5.75 Å². The fraction of sp³-hybridized carbons (Fsp3) is 0.500. The van der Waals surface area contributed by atoms with E-state index in [2.05, 4.69) is 16.3 Å². The second-order valence-electron chi connectivity index (χ2n) is 5.50. The van der Waals surface area contributed by atoms with Gasteiger partial charge in [0.1, 0.15) is 11.3 Å². The molecule has 0 saturated carbocycles. The van der Waals surface area contributed by atoms with Crippen LogP contribution in [0.25, 0.3) is 10.2 Å². The maximum absolute atomic E-state index is 12.1. The molecule has 0 atom stereocenters. The van der Waals surface area contributed by atoms with Crippen molar-refractivity contribution in [3.63, 3.8) is 0 Å². The summed E-state index contributed by atoms with van der Waals surface area (Å²) in [6.07, 6.45) is 0. The molecule has 3 rings (SSSR count). The van der Waals surface area contributed by atoms with Gasteiger partial charge in [0.2, 0.25) is 0 Å². The van der Waals surface area contributed by atoms with Crippen LogP contribution in [0.2, 0.25) is 0 Å². The van der Waals surface area contributed by atoms with Crippen molar-refractivity contribution in [1.82, 2.24) is 15.2 Å². The van der Waals surface area contributed by atoms with Gasteiger partial charge in [-0.25, -0.2) is 9.78 Å². The Balaban J connectivity index is 1.61. The molecule has 1 saturated heterocycles. The molecule has 0 aliphatic carbocycles. The lowest BCUT2D eigenvalue weighted by Crippen LogP contribution is -2.52. The van der Waals surface area contributed by atoms with Gasteiger partial charge in [0.05, 0.1) is 18.4 Å². The molecule has 130 valence electrons. The first kappa shape index (κ1) is 16.8. The van der Waals surface area contributed by atoms with E-state index in [0.29, 0.717) is 26.2 Å². The van der Waals surface area contributed by atoms with E-state index in [4.69, 9.17) is 14.5 Å². The Morgan fingerprint density at radius 1 is 1.29 bits per heavy atom. The molecular formula is C16H22N4O3S. The van der Waals surface area contributed by atoms with Crippen LogP contribution in [0.15, 0.2) is 18.2 Å². The highest BCUT2D eigenvalue weighted by Crippen LogP contribution is 2.34. The maximum Gasteiger partial charge on any atom is 0.317 e. The van der Waals surface area contributed by atoms with Gasteiger partial charge >= 0.3 is 6.03 Å². The number of thiazole rings is 1. The average molecular weight is 350 g/mol. The molecule has 1 aromatic heterocycles. The molecule has 1 N–H and O–H groups in total. The molecular weight excluding hydrogens is 328 g/mol. The summed E-state index contributed by atoms with van der Waals surface area (Å²) in [5.41, 5.74) is 0.903. The monoisotopic (exact) mass is 350 g/mol. The third-order valence-electron chi connectivity index (χ3n) is 4.01. The largest absolute Gasteiger partial charge is 0.494 e. The number of aromatic nitrogens is 1. The highest BCUT2D eigenvalue weighted by Gasteiger charge is 2.23. The van der Waals surface area contributed by atoms with Crippen LogP contribution in [0.1, 0.15) is 0 Å². The van der Waals surface area contributed by atoms with E-state index >= 15 is 0 Å². The summed E-state index contributed by atoms with van der Waals surface area (Å²) in [4.78, 5) is 20.8. The number of carbonyl (C=O) groups is 1. The van der Waals surface area contributed by atoms with Crippen LogP contribution in [-0.2, 0) is 4.74 Å². The van der Waals surface area contributed by atoms with Crippen LogP contribution in [0.3, 0.4) is 0 Å². The zero-order valence-electron chi connectivity index (χ0n) is 13.9. The molecule has 7 nitrogen and oxygen atoms in total. The molecule has 8 heteroatoms. The number of ether oxygens (including phenoxy) is 2. The molecule has 2 aromatic rings. The number of methoxy groups -OCH3 is 2. The van der Waals surface area contributed by atoms with Gasteiger partial charge in [-0.15, -0.1) is 0 Å². The molecule has 0 spiro atoms. The molecule has 0 unspecified atom stereocenters. The zero-order chi connectivity index (χ0) is 16.9. The Kier molecular flexibility index (Phi) is 5.37. The molecule has 1 aromatic carbocycles. The number of fused-ring (bicyclic) bond motifs is 1. The number of piperazine rings is 1. The highest BCUT2D eigenvalue weighted by atomic mass is 32.1. The van der Waals surface area contributed by atoms with E-state index in [0.717, 1.165) is 34.2 Å². The standard InChI is InChI=1S/C16H22N4O3S/c1-22-11-6-17-15(21)19-7-9-20(10-8-19)16-18-14-12(23-2)4-3-5-13(14)24-16/h3-5H,6-11H2,1-2H3,(H,17,21). The highest BCUT2D eigenvalue weighted by molar-refractivity contribution is 7.22. The van der Waals surface area contributed by atoms with Crippen LogP contribution in [-0.4, -0.2) is 69.5 Å². The number of nitrogens with one attached hydrogen (secondary N) is 1. The Morgan fingerprint density at radius 3 is 2.79 bits per heavy atom. The normalized spacial score (nSPS) is 14.9. The van der Waals surface area contributed by atoms with Crippen molar-refractivity contribution in [2.45, 2.75) is 0 Å². The predicted molar refractivity (Wildman–Crippen MR) is 95.2 cm³/mol. The zero-order valence-corrected chi connectivity index (χ0v) is 14.8. The number of amides is 2. The second kappa shape index (κ2) is 7.67. The van der Waals surface area contributed by atoms with Crippen LogP contribution < -0.4 is 15.0 Å². The molecule has 0 bridgehead atoms. The lowest BCUT2D eigenvalue weighted by molar-refractivity contribution is 0.177. The van der Waals surface area contributed by atoms with Gasteiger partial charge in [-0.2, -0.15) is 0 Å². The summed E-state index contributed by atoms with van der Waals surface area (Å²) >= 11 is 1.66. The number of rotatable bonds is 5. The lowest BCUT2D eigenvalue weighted by Gasteiger charge is -2.34. The van der Waals surface area contributed by atoms with Gasteiger partial charge in [0.25, 0.3) is 0 Å². The maximum atomic E-state index is 12.1. The van der Waals surface area contributed by atoms with Gasteiger partial charge in [0.15, 0.2) is 5.13 Å². The quantitative estimate of drug-likeness (QED) is 0.833. The number of anilines is 1. The Labute approximate surface area is 145 Å². The Morgan fingerprint density at radius 2 is 2.08 bits per heavy atom. The van der Waals surface area contributed by atoms with Gasteiger partial charge in [0, 0.05) is 39.8 Å². The number of benzene rings is 1. The number of urea groups is 1. The smallest absolute Gasteiger partial charge is 0.317 e. The van der Waals surface area contributed by atoms with Crippen molar-refractivity contribution in [2.75, 3.05) is 58.5 Å². The van der Waals surface area contributed by atoms with Crippen LogP contribution >= 0.6 is 11.3 Å². The number of carbonyl (C=O) groups excluding carboxylic acids is 1. The van der Waals surface area contributed by atoms with Gasteiger partial charge in [-0.3, -0.25) is 0 Å². The molecule has 0 radical (unpaired) electrons. The predicted octanol–water partition coefficient (Wildman–Crippen LogP) is 1.78. The number of hydrogen-bond acceptors (Lipinski definition) is 6. The van der Waals surface area contributed by atoms with Crippen LogP contribution in [0, 0.1) is 0 Å². The minimum absolute atomic E-state index is 0.0299. The first-order valence-corrected chi connectivity index (χ1v) is 8.75. The SMILES string of the molecule is COCCNC(=O)N1CCN(c2nc3c(OC)cccc3s2)CC1. The minimum atomic E-state index is -0.0299. The fourth-order valence-electron chi connectivity index (χ4n) is 2.68. The topological polar surface area (TPSA) is 66.9 Å². The summed E-state index contributed by atoms with van der Waals surface area (Å²) in [7, 11) is 3.28. The Hall–Kier alpha value is -2.06. The number of nitrogens with zero attached hydrogens (tertiary/aromatic N) is 3. The lowest BCUT2D eigenvalue weighted by atomic mass is 10.3. The average Bonchev–Trinajstić information content (AvgIpc) is 3.06. The molecule has 2 heterocycles. The van der Waals surface area contributed by atoms with Gasteiger partial charge < -0.3 is 24.6 Å². The van der Waals surface area contributed by atoms with Crippen LogP contribution in [0.5, 0.6) is 5.75 Å². The van der Waals surface area contributed by atoms with Crippen molar-refractivity contribution in [2.24, 2.45) is 0 Å². The number of para-hydroxylation sites is 1. The van der Waals surface area contributed by atoms with Crippen molar-refractivity contribution < 1.29 is 14.3 Å². The van der Waals surface area contributed by atoms with Crippen molar-refractivity contribution in [3.05, 3.63) is 18.2 Å². The Bertz CT molecular complexity index is 698. The number of hydrogen-bond donors (Lipinski definition) is 1. The minimum Gasteiger partial charge on any atom is -0.494 e. The molecule has 2 amide bonds. The van der Waals surface area contributed by atoms with E-state index in [9.17, 15) is 4.79 Å². The molecule has 1 aliphatic rings. The van der Waals surface area contributed by atoms with Crippen molar-refractivity contribution in [1.29, 1.82) is 0 Å². The third kappa shape index (κ3) is 3.54. The first-order valence-electron chi connectivity index (χ1n) is 7.93. The van der Waals surface area contributed by atoms with E-state index in [1.807, 2.05) is 17.0 Å². The first-order chi connectivity index (χ1) is 11.7. The van der Waals surface area contributed by atoms with Crippen LogP contribution in [0.4, 0.5) is 9.93 Å². The second-order valence-corrected chi connectivity index (χ2v) is 6.51. The molecule has 24 heavy (non-hydrogen) atoms. The van der Waals surface area contributed by atoms with E-state index < -0.39 is 0 Å². The molecule has 1 fully saturated rings. The summed E-state index contributed by atoms with van der Waals surface area (Å²) in [5, 5.41) is 3.84. The fourth-order valence-corrected chi connectivity index (χ4v) is 3.72. The summed E-state index contributed by atoms with van der Waals surface area (Å²) < 4.78 is 11.4. The summed E-state index contributed by atoms with van der Waals surface area (Å²) in [6.45, 7) is 3.99. The summed E-state index contributed by atoms with van der Waals surface area (Å²) in [6, 6.07) is 5.93. The van der Waals surface area contributed by atoms with E-state index in [1.165, 1.54) is 0 Å². The third-order valence-corrected chi connectivity index (χ3v) is 5.09. The van der Waals surface area contributed by atoms with E-state index in [-0.39, 0.29) is 6.03 Å². The van der Waals surface area contributed by atoms with E-state index in [1.54, 1.807) is 25.6 Å². The van der Waals surface area contributed by atoms with Gasteiger partial charge in [-0.1, -0.05) is 17.4 Å². The molecule has 1 aliphatic heterocycles. The summed E-state index contributed by atoms with van der Waals surface area (Å²) in [5.74, 6) is 0.797.